The van der Waals surface area contributed by atoms with Crippen LogP contribution in [0.5, 0.6) is 5.75 Å². The van der Waals surface area contributed by atoms with E-state index in [2.05, 4.69) is 41.3 Å². The van der Waals surface area contributed by atoms with E-state index in [1.165, 1.54) is 11.6 Å². The normalized spacial score (nSPS) is 34.8. The molecule has 0 unspecified atom stereocenters. The van der Waals surface area contributed by atoms with Crippen LogP contribution < -0.4 is 5.32 Å². The number of amides is 1. The molecule has 0 spiro atoms. The lowest BCUT2D eigenvalue weighted by molar-refractivity contribution is -0.142. The Kier molecular flexibility index (Phi) is 7.32. The number of nitrogens with one attached hydrogen (secondary N) is 2. The zero-order chi connectivity index (χ0) is 30.6. The Bertz CT molecular complexity index is 1550. The van der Waals surface area contributed by atoms with Gasteiger partial charge < -0.3 is 30.5 Å². The number of rotatable bonds is 7. The molecule has 7 atom stereocenters. The number of allylic oxidation sites excluding steroid dienone is 2. The van der Waals surface area contributed by atoms with Crippen LogP contribution in [-0.4, -0.2) is 56.1 Å². The van der Waals surface area contributed by atoms with E-state index in [0.717, 1.165) is 61.6 Å². The first-order valence-corrected chi connectivity index (χ1v) is 15.4. The highest BCUT2D eigenvalue weighted by Gasteiger charge is 2.63. The van der Waals surface area contributed by atoms with Crippen molar-refractivity contribution in [1.29, 1.82) is 0 Å². The first-order chi connectivity index (χ1) is 20.5. The molecule has 9 nitrogen and oxygen atoms in total. The number of nitrogens with zero attached hydrogens (tertiary/aromatic N) is 1. The van der Waals surface area contributed by atoms with E-state index in [0.29, 0.717) is 29.7 Å². The van der Waals surface area contributed by atoms with E-state index in [9.17, 15) is 24.9 Å². The fourth-order valence-electron chi connectivity index (χ4n) is 9.07. The summed E-state index contributed by atoms with van der Waals surface area (Å²) in [6.45, 7) is 4.22. The average Bonchev–Trinajstić information content (AvgIpc) is 3.49. The highest BCUT2D eigenvalue weighted by molar-refractivity contribution is 5.96. The van der Waals surface area contributed by atoms with E-state index >= 15 is 0 Å². The van der Waals surface area contributed by atoms with Crippen LogP contribution in [0.4, 0.5) is 0 Å². The highest BCUT2D eigenvalue weighted by Crippen LogP contribution is 2.67. The molecule has 0 saturated heterocycles. The number of fused-ring (bicyclic) bond motifs is 6. The van der Waals surface area contributed by atoms with Crippen LogP contribution in [0.3, 0.4) is 0 Å². The van der Waals surface area contributed by atoms with Crippen LogP contribution >= 0.6 is 0 Å². The molecule has 4 aliphatic carbocycles. The Morgan fingerprint density at radius 3 is 2.74 bits per heavy atom. The molecule has 43 heavy (non-hydrogen) atoms. The van der Waals surface area contributed by atoms with Crippen molar-refractivity contribution in [3.8, 4) is 18.1 Å². The summed E-state index contributed by atoms with van der Waals surface area (Å²) < 4.78 is 0. The molecule has 4 aliphatic rings. The second-order valence-electron chi connectivity index (χ2n) is 13.6. The molecule has 9 heteroatoms. The fraction of sp³-hybridized carbons (Fsp3) is 0.559. The topological polar surface area (TPSA) is 144 Å². The number of carboxylic acids is 1. The second kappa shape index (κ2) is 10.7. The summed E-state index contributed by atoms with van der Waals surface area (Å²) in [7, 11) is 0. The lowest BCUT2D eigenvalue weighted by Gasteiger charge is -2.58. The van der Waals surface area contributed by atoms with Gasteiger partial charge in [0.25, 0.3) is 5.91 Å². The van der Waals surface area contributed by atoms with Gasteiger partial charge >= 0.3 is 5.97 Å². The maximum Gasteiger partial charge on any atom is 0.326 e. The van der Waals surface area contributed by atoms with Crippen LogP contribution in [0.15, 0.2) is 41.2 Å². The van der Waals surface area contributed by atoms with E-state index < -0.39 is 23.5 Å². The number of carbonyl (C=O) groups excluding carboxylic acids is 1. The van der Waals surface area contributed by atoms with E-state index in [4.69, 9.17) is 11.3 Å². The number of oxime groups is 1. The lowest BCUT2D eigenvalue weighted by Crippen LogP contribution is -2.54. The van der Waals surface area contributed by atoms with Crippen molar-refractivity contribution in [2.75, 3.05) is 6.61 Å². The summed E-state index contributed by atoms with van der Waals surface area (Å²) in [5.41, 5.74) is 2.46. The smallest absolute Gasteiger partial charge is 0.326 e. The quantitative estimate of drug-likeness (QED) is 0.235. The third-order valence-electron chi connectivity index (χ3n) is 11.6. The van der Waals surface area contributed by atoms with Gasteiger partial charge in [-0.1, -0.05) is 30.5 Å². The lowest BCUT2D eigenvalue weighted by atomic mass is 9.46. The molecule has 0 radical (unpaired) electrons. The van der Waals surface area contributed by atoms with E-state index in [1.807, 2.05) is 0 Å². The van der Waals surface area contributed by atoms with Gasteiger partial charge in [-0.2, -0.15) is 0 Å². The summed E-state index contributed by atoms with van der Waals surface area (Å²) in [6.07, 6.45) is 17.2. The number of benzene rings is 1. The van der Waals surface area contributed by atoms with Crippen molar-refractivity contribution in [2.45, 2.75) is 83.3 Å². The molecule has 5 N–H and O–H groups in total. The zero-order valence-corrected chi connectivity index (χ0v) is 24.9. The molecule has 0 bridgehead atoms. The number of aliphatic hydroxyl groups is 1. The number of phenols is 1. The molecule has 3 saturated carbocycles. The van der Waals surface area contributed by atoms with Crippen molar-refractivity contribution >= 4 is 28.5 Å². The van der Waals surface area contributed by atoms with Gasteiger partial charge in [-0.05, 0) is 98.3 Å². The number of carbonyl (C=O) groups is 2. The summed E-state index contributed by atoms with van der Waals surface area (Å²) >= 11 is 0. The van der Waals surface area contributed by atoms with Gasteiger partial charge in [0, 0.05) is 35.0 Å². The van der Waals surface area contributed by atoms with Gasteiger partial charge in [-0.15, -0.1) is 6.42 Å². The summed E-state index contributed by atoms with van der Waals surface area (Å²) in [6, 6.07) is 3.68. The van der Waals surface area contributed by atoms with Crippen molar-refractivity contribution in [2.24, 2.45) is 33.7 Å². The number of terminal acetylenes is 1. The third-order valence-corrected chi connectivity index (χ3v) is 11.6. The molecular weight excluding hydrogens is 546 g/mol. The monoisotopic (exact) mass is 587 g/mol. The van der Waals surface area contributed by atoms with Gasteiger partial charge in [-0.25, -0.2) is 4.79 Å². The number of aromatic amines is 1. The van der Waals surface area contributed by atoms with Crippen molar-refractivity contribution in [3.05, 3.63) is 41.6 Å². The van der Waals surface area contributed by atoms with Crippen molar-refractivity contribution in [3.63, 3.8) is 0 Å². The largest absolute Gasteiger partial charge is 0.508 e. The van der Waals surface area contributed by atoms with Crippen LogP contribution in [0.2, 0.25) is 0 Å². The Morgan fingerprint density at radius 1 is 1.19 bits per heavy atom. The highest BCUT2D eigenvalue weighted by atomic mass is 16.6. The van der Waals surface area contributed by atoms with Crippen LogP contribution in [-0.2, 0) is 20.8 Å². The molecule has 3 fully saturated rings. The summed E-state index contributed by atoms with van der Waals surface area (Å²) in [5.74, 6) is 2.71. The second-order valence-corrected chi connectivity index (χ2v) is 13.6. The number of aliphatic carboxylic acids is 1. The van der Waals surface area contributed by atoms with Crippen LogP contribution in [0.25, 0.3) is 10.9 Å². The predicted molar refractivity (Wildman–Crippen MR) is 162 cm³/mol. The first-order valence-electron chi connectivity index (χ1n) is 15.4. The average molecular weight is 588 g/mol. The van der Waals surface area contributed by atoms with Gasteiger partial charge in [0.05, 0.1) is 5.71 Å². The number of hydrogen-bond acceptors (Lipinski definition) is 6. The standard InChI is InChI=1S/C34H41N3O6/c1-4-34(42)14-11-27-25-7-5-21-16-22(9-12-32(21,2)26(25)10-13-33(27,34)3)37-43-19-30(39)36-29(31(40)41)15-20-18-35-28-17-23(38)6-8-24(20)28/h1,6,8,16-18,25-27,29,35,38,42H,5,7,9-15,19H2,2-3H3,(H,36,39)(H,40,41)/b37-22-/t25-,26+,27+,29+,32+,33+,34+/m1/s1. The Hall–Kier alpha value is -3.77. The zero-order valence-electron chi connectivity index (χ0n) is 24.9. The van der Waals surface area contributed by atoms with Crippen LogP contribution in [0.1, 0.15) is 70.8 Å². The minimum Gasteiger partial charge on any atom is -0.508 e. The number of carboxylic acid groups (broad SMARTS) is 1. The molecule has 0 aliphatic heterocycles. The molecule has 1 heterocycles. The molecule has 2 aromatic rings. The molecular formula is C34H41N3O6. The molecule has 1 amide bonds. The Labute approximate surface area is 251 Å². The number of aromatic nitrogens is 1. The predicted octanol–water partition coefficient (Wildman–Crippen LogP) is 4.69. The maximum absolute atomic E-state index is 12.6. The minimum absolute atomic E-state index is 0.0767. The molecule has 228 valence electrons. The molecule has 1 aromatic heterocycles. The molecule has 1 aromatic carbocycles. The SMILES string of the molecule is C#C[C@]1(O)CC[C@H]2[C@@H]3CCC4=C/C(=N\OCC(=O)N[C@@H](Cc5c[nH]c6cc(O)ccc56)C(=O)O)CC[C@]4(C)[C@H]3CC[C@@]21C. The van der Waals surface area contributed by atoms with Crippen molar-refractivity contribution in [1.82, 2.24) is 10.3 Å². The summed E-state index contributed by atoms with van der Waals surface area (Å²) in [4.78, 5) is 32.9. The number of phenolic OH excluding ortho intramolecular Hbond substituents is 1. The number of hydrogen-bond donors (Lipinski definition) is 5. The van der Waals surface area contributed by atoms with Crippen molar-refractivity contribution < 1.29 is 29.7 Å². The Morgan fingerprint density at radius 2 is 1.98 bits per heavy atom. The third kappa shape index (κ3) is 4.90. The van der Waals surface area contributed by atoms with E-state index in [-0.39, 0.29) is 29.6 Å². The number of aromatic hydroxyl groups is 1. The fourth-order valence-corrected chi connectivity index (χ4v) is 9.07. The summed E-state index contributed by atoms with van der Waals surface area (Å²) in [5, 5.41) is 38.2. The molecule has 6 rings (SSSR count). The van der Waals surface area contributed by atoms with Gasteiger partial charge in [-0.3, -0.25) is 4.79 Å². The Balaban J connectivity index is 1.07. The first kappa shape index (κ1) is 29.3. The van der Waals surface area contributed by atoms with Gasteiger partial charge in [0.1, 0.15) is 17.4 Å². The van der Waals surface area contributed by atoms with E-state index in [1.54, 1.807) is 18.3 Å². The maximum atomic E-state index is 12.6. The van der Waals surface area contributed by atoms with Gasteiger partial charge in [0.2, 0.25) is 0 Å². The van der Waals surface area contributed by atoms with Crippen LogP contribution in [0, 0.1) is 40.9 Å². The minimum atomic E-state index is -1.15. The number of H-pyrrole nitrogens is 1. The van der Waals surface area contributed by atoms with Gasteiger partial charge in [0.15, 0.2) is 6.61 Å².